The van der Waals surface area contributed by atoms with Crippen molar-refractivity contribution >= 4 is 29.2 Å². The van der Waals surface area contributed by atoms with Gasteiger partial charge in [-0.25, -0.2) is 4.98 Å². The molecule has 1 fully saturated rings. The Kier molecular flexibility index (Phi) is 4.81. The first-order chi connectivity index (χ1) is 13.5. The first-order valence-electron chi connectivity index (χ1n) is 9.50. The third kappa shape index (κ3) is 3.47. The molecule has 0 atom stereocenters. The molecular formula is C21H22N4O3. The molecule has 28 heavy (non-hydrogen) atoms. The summed E-state index contributed by atoms with van der Waals surface area (Å²) in [5.74, 6) is -0.0298. The molecule has 0 saturated carbocycles. The Morgan fingerprint density at radius 3 is 2.54 bits per heavy atom. The number of pyridine rings is 1. The molecule has 1 aromatic heterocycles. The zero-order valence-corrected chi connectivity index (χ0v) is 15.8. The van der Waals surface area contributed by atoms with Crippen LogP contribution >= 0.6 is 0 Å². The van der Waals surface area contributed by atoms with Crippen molar-refractivity contribution in [3.8, 4) is 0 Å². The number of nitrogens with one attached hydrogen (secondary N) is 1. The monoisotopic (exact) mass is 378 g/mol. The highest BCUT2D eigenvalue weighted by molar-refractivity contribution is 6.21. The van der Waals surface area contributed by atoms with Crippen molar-refractivity contribution in [2.45, 2.75) is 26.2 Å². The lowest BCUT2D eigenvalue weighted by Crippen LogP contribution is -2.32. The third-order valence-electron chi connectivity index (χ3n) is 5.15. The molecule has 144 valence electrons. The topological polar surface area (TPSA) is 82.6 Å². The van der Waals surface area contributed by atoms with Crippen molar-refractivity contribution in [1.82, 2.24) is 9.88 Å². The Bertz CT molecular complexity index is 933. The molecule has 1 N–H and O–H groups in total. The van der Waals surface area contributed by atoms with Gasteiger partial charge in [0.1, 0.15) is 5.82 Å². The smallest absolute Gasteiger partial charge is 0.261 e. The second kappa shape index (κ2) is 7.42. The van der Waals surface area contributed by atoms with E-state index < -0.39 is 0 Å². The van der Waals surface area contributed by atoms with Crippen molar-refractivity contribution in [3.63, 3.8) is 0 Å². The summed E-state index contributed by atoms with van der Waals surface area (Å²) in [4.78, 5) is 44.9. The summed E-state index contributed by atoms with van der Waals surface area (Å²) in [5, 5.41) is 2.77. The number of aromatic nitrogens is 1. The van der Waals surface area contributed by atoms with E-state index in [0.717, 1.165) is 29.4 Å². The number of nitrogens with zero attached hydrogens (tertiary/aromatic N) is 3. The maximum atomic E-state index is 12.5. The zero-order valence-electron chi connectivity index (χ0n) is 15.8. The van der Waals surface area contributed by atoms with E-state index in [0.29, 0.717) is 16.8 Å². The Balaban J connectivity index is 1.33. The van der Waals surface area contributed by atoms with Crippen LogP contribution in [-0.2, 0) is 4.79 Å². The van der Waals surface area contributed by atoms with Crippen molar-refractivity contribution in [2.24, 2.45) is 0 Å². The summed E-state index contributed by atoms with van der Waals surface area (Å²) in [7, 11) is 0. The number of carbonyl (C=O) groups excluding carboxylic acids is 3. The van der Waals surface area contributed by atoms with E-state index in [9.17, 15) is 14.4 Å². The lowest BCUT2D eigenvalue weighted by Gasteiger charge is -2.16. The first kappa shape index (κ1) is 18.2. The van der Waals surface area contributed by atoms with Crippen molar-refractivity contribution in [3.05, 3.63) is 53.2 Å². The van der Waals surface area contributed by atoms with Crippen molar-refractivity contribution in [1.29, 1.82) is 0 Å². The van der Waals surface area contributed by atoms with Crippen LogP contribution in [0.2, 0.25) is 0 Å². The highest BCUT2D eigenvalue weighted by atomic mass is 16.2. The molecule has 0 radical (unpaired) electrons. The summed E-state index contributed by atoms with van der Waals surface area (Å²) in [6.45, 7) is 3.95. The van der Waals surface area contributed by atoms with Gasteiger partial charge in [0, 0.05) is 26.1 Å². The number of amides is 3. The van der Waals surface area contributed by atoms with Gasteiger partial charge in [-0.05, 0) is 44.0 Å². The van der Waals surface area contributed by atoms with Gasteiger partial charge in [-0.1, -0.05) is 11.6 Å². The van der Waals surface area contributed by atoms with Crippen LogP contribution in [0.25, 0.3) is 0 Å². The van der Waals surface area contributed by atoms with Gasteiger partial charge in [0.05, 0.1) is 23.0 Å². The largest absolute Gasteiger partial charge is 0.357 e. The lowest BCUT2D eigenvalue weighted by molar-refractivity contribution is -0.116. The molecule has 0 aliphatic carbocycles. The van der Waals surface area contributed by atoms with Gasteiger partial charge in [-0.2, -0.15) is 0 Å². The predicted octanol–water partition coefficient (Wildman–Crippen LogP) is 2.62. The number of carbonyl (C=O) groups is 3. The molecule has 2 aliphatic rings. The van der Waals surface area contributed by atoms with E-state index in [1.165, 1.54) is 12.8 Å². The summed E-state index contributed by atoms with van der Waals surface area (Å²) in [6.07, 6.45) is 4.03. The predicted molar refractivity (Wildman–Crippen MR) is 105 cm³/mol. The van der Waals surface area contributed by atoms with Crippen LogP contribution in [0, 0.1) is 6.92 Å². The number of rotatable bonds is 5. The average Bonchev–Trinajstić information content (AvgIpc) is 3.29. The minimum absolute atomic E-state index is 0.0400. The molecule has 0 bridgehead atoms. The van der Waals surface area contributed by atoms with Crippen LogP contribution in [0.15, 0.2) is 36.5 Å². The number of fused-ring (bicyclic) bond motifs is 1. The lowest BCUT2D eigenvalue weighted by atomic mass is 10.1. The molecule has 1 aromatic carbocycles. The number of hydrogen-bond acceptors (Lipinski definition) is 5. The van der Waals surface area contributed by atoms with E-state index in [1.54, 1.807) is 24.4 Å². The minimum atomic E-state index is -0.343. The van der Waals surface area contributed by atoms with E-state index in [1.807, 2.05) is 19.1 Å². The fraction of sp³-hybridized carbons (Fsp3) is 0.333. The summed E-state index contributed by atoms with van der Waals surface area (Å²) >= 11 is 0. The second-order valence-corrected chi connectivity index (χ2v) is 7.21. The van der Waals surface area contributed by atoms with E-state index in [-0.39, 0.29) is 30.7 Å². The number of anilines is 2. The first-order valence-corrected chi connectivity index (χ1v) is 9.50. The number of imide groups is 1. The Hall–Kier alpha value is -3.22. The van der Waals surface area contributed by atoms with Gasteiger partial charge in [-0.3, -0.25) is 19.3 Å². The highest BCUT2D eigenvalue weighted by Gasteiger charge is 2.35. The van der Waals surface area contributed by atoms with Crippen LogP contribution in [-0.4, -0.2) is 47.2 Å². The summed E-state index contributed by atoms with van der Waals surface area (Å²) in [6, 6.07) is 8.90. The second-order valence-electron chi connectivity index (χ2n) is 7.21. The molecule has 0 spiro atoms. The van der Waals surface area contributed by atoms with Gasteiger partial charge >= 0.3 is 0 Å². The summed E-state index contributed by atoms with van der Waals surface area (Å²) < 4.78 is 0. The van der Waals surface area contributed by atoms with Crippen LogP contribution in [0.5, 0.6) is 0 Å². The van der Waals surface area contributed by atoms with E-state index >= 15 is 0 Å². The van der Waals surface area contributed by atoms with Crippen LogP contribution in [0.3, 0.4) is 0 Å². The molecule has 7 nitrogen and oxygen atoms in total. The SMILES string of the molecule is Cc1ccc2c(c1)C(=O)N(CCC(=O)Nc1ccc(N3CCCC3)nc1)C2=O. The quantitative estimate of drug-likeness (QED) is 0.809. The fourth-order valence-electron chi connectivity index (χ4n) is 3.64. The maximum absolute atomic E-state index is 12.5. The maximum Gasteiger partial charge on any atom is 0.261 e. The minimum Gasteiger partial charge on any atom is -0.357 e. The molecule has 4 rings (SSSR count). The molecule has 3 heterocycles. The molecule has 2 aliphatic heterocycles. The Labute approximate surface area is 163 Å². The van der Waals surface area contributed by atoms with Crippen LogP contribution in [0.4, 0.5) is 11.5 Å². The van der Waals surface area contributed by atoms with Gasteiger partial charge in [0.25, 0.3) is 11.8 Å². The average molecular weight is 378 g/mol. The number of hydrogen-bond donors (Lipinski definition) is 1. The molecule has 3 amide bonds. The van der Waals surface area contributed by atoms with Crippen molar-refractivity contribution < 1.29 is 14.4 Å². The van der Waals surface area contributed by atoms with Gasteiger partial charge in [-0.15, -0.1) is 0 Å². The Morgan fingerprint density at radius 1 is 1.07 bits per heavy atom. The fourth-order valence-corrected chi connectivity index (χ4v) is 3.64. The van der Waals surface area contributed by atoms with Crippen LogP contribution < -0.4 is 10.2 Å². The molecular weight excluding hydrogens is 356 g/mol. The van der Waals surface area contributed by atoms with Gasteiger partial charge in [0.15, 0.2) is 0 Å². The van der Waals surface area contributed by atoms with Gasteiger partial charge in [0.2, 0.25) is 5.91 Å². The third-order valence-corrected chi connectivity index (χ3v) is 5.15. The molecule has 0 unspecified atom stereocenters. The highest BCUT2D eigenvalue weighted by Crippen LogP contribution is 2.24. The normalized spacial score (nSPS) is 15.9. The van der Waals surface area contributed by atoms with Crippen molar-refractivity contribution in [2.75, 3.05) is 29.9 Å². The molecule has 2 aromatic rings. The van der Waals surface area contributed by atoms with Crippen LogP contribution in [0.1, 0.15) is 45.5 Å². The standard InChI is InChI=1S/C21H22N4O3/c1-14-4-6-16-17(12-14)21(28)25(20(16)27)11-8-19(26)23-15-5-7-18(22-13-15)24-9-2-3-10-24/h4-7,12-13H,2-3,8-11H2,1H3,(H,23,26). The summed E-state index contributed by atoms with van der Waals surface area (Å²) in [5.41, 5.74) is 2.33. The number of benzene rings is 1. The molecule has 7 heteroatoms. The Morgan fingerprint density at radius 2 is 1.82 bits per heavy atom. The number of aryl methyl sites for hydroxylation is 1. The van der Waals surface area contributed by atoms with Gasteiger partial charge < -0.3 is 10.2 Å². The van der Waals surface area contributed by atoms with E-state index in [4.69, 9.17) is 0 Å². The molecule has 1 saturated heterocycles. The van der Waals surface area contributed by atoms with E-state index in [2.05, 4.69) is 15.2 Å². The zero-order chi connectivity index (χ0) is 19.7.